The lowest BCUT2D eigenvalue weighted by atomic mass is 10.1. The van der Waals surface area contributed by atoms with E-state index in [1.54, 1.807) is 24.3 Å². The minimum Gasteiger partial charge on any atom is -0.491 e. The Kier molecular flexibility index (Phi) is 8.79. The Morgan fingerprint density at radius 1 is 1.15 bits per heavy atom. The van der Waals surface area contributed by atoms with Crippen LogP contribution in [0.15, 0.2) is 60.0 Å². The highest BCUT2D eigenvalue weighted by atomic mass is 32.1. The molecule has 8 nitrogen and oxygen atoms in total. The number of carbonyl (C=O) groups excluding carboxylic acids is 1. The third kappa shape index (κ3) is 8.21. The lowest BCUT2D eigenvalue weighted by Gasteiger charge is -2.22. The first kappa shape index (κ1) is 24.2. The van der Waals surface area contributed by atoms with Gasteiger partial charge in [-0.25, -0.2) is 9.78 Å². The van der Waals surface area contributed by atoms with Crippen LogP contribution in [-0.4, -0.2) is 57.9 Å². The van der Waals surface area contributed by atoms with Crippen molar-refractivity contribution in [2.75, 3.05) is 25.0 Å². The molecule has 0 saturated heterocycles. The van der Waals surface area contributed by atoms with Gasteiger partial charge in [0.15, 0.2) is 0 Å². The van der Waals surface area contributed by atoms with Crippen LogP contribution in [-0.2, 0) is 17.6 Å². The third-order valence-electron chi connectivity index (χ3n) is 4.80. The number of rotatable bonds is 11. The van der Waals surface area contributed by atoms with Crippen molar-refractivity contribution in [1.82, 2.24) is 9.88 Å². The van der Waals surface area contributed by atoms with Crippen LogP contribution in [0.2, 0.25) is 0 Å². The van der Waals surface area contributed by atoms with Crippen LogP contribution in [0.1, 0.15) is 16.3 Å². The molecule has 3 N–H and O–H groups in total. The molecule has 0 fully saturated rings. The molecular formula is C24H27N3O5S. The van der Waals surface area contributed by atoms with Crippen molar-refractivity contribution in [2.24, 2.45) is 0 Å². The smallest absolute Gasteiger partial charge is 0.407 e. The summed E-state index contributed by atoms with van der Waals surface area (Å²) in [4.78, 5) is 29.2. The molecule has 2 aromatic carbocycles. The van der Waals surface area contributed by atoms with E-state index in [-0.39, 0.29) is 32.0 Å². The van der Waals surface area contributed by atoms with Gasteiger partial charge in [-0.05, 0) is 43.2 Å². The molecule has 0 aliphatic heterocycles. The van der Waals surface area contributed by atoms with Crippen LogP contribution < -0.4 is 10.1 Å². The average Bonchev–Trinajstić information content (AvgIpc) is 3.21. The van der Waals surface area contributed by atoms with E-state index in [1.165, 1.54) is 16.2 Å². The zero-order valence-electron chi connectivity index (χ0n) is 18.3. The highest BCUT2D eigenvalue weighted by molar-refractivity contribution is 7.09. The van der Waals surface area contributed by atoms with Gasteiger partial charge in [-0.3, -0.25) is 4.79 Å². The molecule has 3 aromatic rings. The SMILES string of the molecule is Cc1nc(CC(=O)Nc2ccc(CCN(CC(O)COc3ccccc3)C(=O)O)cc2)cs1. The molecule has 0 saturated carbocycles. The fourth-order valence-corrected chi connectivity index (χ4v) is 3.77. The molecule has 1 heterocycles. The summed E-state index contributed by atoms with van der Waals surface area (Å²) in [7, 11) is 0. The molecule has 33 heavy (non-hydrogen) atoms. The predicted octanol–water partition coefficient (Wildman–Crippen LogP) is 3.60. The molecule has 1 atom stereocenters. The molecule has 9 heteroatoms. The van der Waals surface area contributed by atoms with Gasteiger partial charge in [0.1, 0.15) is 18.5 Å². The van der Waals surface area contributed by atoms with Gasteiger partial charge in [-0.15, -0.1) is 11.3 Å². The quantitative estimate of drug-likeness (QED) is 0.396. The van der Waals surface area contributed by atoms with Gasteiger partial charge in [0.05, 0.1) is 23.7 Å². The van der Waals surface area contributed by atoms with Gasteiger partial charge in [-0.1, -0.05) is 30.3 Å². The molecule has 0 radical (unpaired) electrons. The molecule has 1 aromatic heterocycles. The average molecular weight is 470 g/mol. The van der Waals surface area contributed by atoms with Gasteiger partial charge in [0, 0.05) is 17.6 Å². The highest BCUT2D eigenvalue weighted by Crippen LogP contribution is 2.13. The number of anilines is 1. The van der Waals surface area contributed by atoms with E-state index in [9.17, 15) is 19.8 Å². The molecule has 174 valence electrons. The number of aliphatic hydroxyl groups is 1. The molecule has 3 rings (SSSR count). The zero-order chi connectivity index (χ0) is 23.6. The van der Waals surface area contributed by atoms with Crippen molar-refractivity contribution in [3.05, 3.63) is 76.2 Å². The van der Waals surface area contributed by atoms with Crippen molar-refractivity contribution >= 4 is 29.0 Å². The maximum atomic E-state index is 12.2. The number of amides is 2. The Bertz CT molecular complexity index is 1040. The summed E-state index contributed by atoms with van der Waals surface area (Å²) in [6, 6.07) is 16.3. The number of carboxylic acid groups (broad SMARTS) is 1. The monoisotopic (exact) mass is 469 g/mol. The van der Waals surface area contributed by atoms with E-state index in [0.717, 1.165) is 16.3 Å². The molecule has 0 aliphatic carbocycles. The van der Waals surface area contributed by atoms with Crippen LogP contribution in [0, 0.1) is 6.92 Å². The van der Waals surface area contributed by atoms with E-state index in [4.69, 9.17) is 4.74 Å². The van der Waals surface area contributed by atoms with Crippen molar-refractivity contribution in [3.8, 4) is 5.75 Å². The number of nitrogens with one attached hydrogen (secondary N) is 1. The van der Waals surface area contributed by atoms with Gasteiger partial charge in [0.25, 0.3) is 0 Å². The second-order valence-electron chi connectivity index (χ2n) is 7.54. The minimum absolute atomic E-state index is 0.00264. The number of aryl methyl sites for hydroxylation is 1. The summed E-state index contributed by atoms with van der Waals surface area (Å²) in [6.45, 7) is 2.08. The number of carbonyl (C=O) groups is 2. The number of aliphatic hydroxyl groups excluding tert-OH is 1. The van der Waals surface area contributed by atoms with Crippen LogP contribution in [0.4, 0.5) is 10.5 Å². The summed E-state index contributed by atoms with van der Waals surface area (Å²) in [6.07, 6.45) is -1.35. The Labute approximate surface area is 196 Å². The van der Waals surface area contributed by atoms with Crippen molar-refractivity contribution in [3.63, 3.8) is 0 Å². The number of para-hydroxylation sites is 1. The molecular weight excluding hydrogens is 442 g/mol. The van der Waals surface area contributed by atoms with Crippen LogP contribution in [0.3, 0.4) is 0 Å². The van der Waals surface area contributed by atoms with Crippen LogP contribution in [0.5, 0.6) is 5.75 Å². The molecule has 2 amide bonds. The van der Waals surface area contributed by atoms with Gasteiger partial charge in [-0.2, -0.15) is 0 Å². The summed E-state index contributed by atoms with van der Waals surface area (Å²) in [5.74, 6) is 0.476. The molecule has 0 spiro atoms. The first-order valence-corrected chi connectivity index (χ1v) is 11.4. The van der Waals surface area contributed by atoms with Gasteiger partial charge < -0.3 is 25.2 Å². The predicted molar refractivity (Wildman–Crippen MR) is 127 cm³/mol. The Balaban J connectivity index is 1.44. The normalized spacial score (nSPS) is 11.6. The second kappa shape index (κ2) is 12.0. The van der Waals surface area contributed by atoms with E-state index in [1.807, 2.05) is 42.6 Å². The Morgan fingerprint density at radius 2 is 1.88 bits per heavy atom. The number of ether oxygens (including phenoxy) is 1. The first-order chi connectivity index (χ1) is 15.9. The summed E-state index contributed by atoms with van der Waals surface area (Å²) >= 11 is 1.51. The van der Waals surface area contributed by atoms with Crippen molar-refractivity contribution in [2.45, 2.75) is 25.9 Å². The van der Waals surface area contributed by atoms with Gasteiger partial charge in [0.2, 0.25) is 5.91 Å². The molecule has 1 unspecified atom stereocenters. The zero-order valence-corrected chi connectivity index (χ0v) is 19.1. The lowest BCUT2D eigenvalue weighted by molar-refractivity contribution is -0.115. The van der Waals surface area contributed by atoms with Crippen molar-refractivity contribution < 1.29 is 24.5 Å². The van der Waals surface area contributed by atoms with Gasteiger partial charge >= 0.3 is 6.09 Å². The maximum Gasteiger partial charge on any atom is 0.407 e. The fourth-order valence-electron chi connectivity index (χ4n) is 3.16. The molecule has 0 aliphatic rings. The van der Waals surface area contributed by atoms with Crippen LogP contribution in [0.25, 0.3) is 0 Å². The first-order valence-electron chi connectivity index (χ1n) is 10.5. The second-order valence-corrected chi connectivity index (χ2v) is 8.60. The largest absolute Gasteiger partial charge is 0.491 e. The van der Waals surface area contributed by atoms with Crippen LogP contribution >= 0.6 is 11.3 Å². The number of nitrogens with zero attached hydrogens (tertiary/aromatic N) is 2. The summed E-state index contributed by atoms with van der Waals surface area (Å²) < 4.78 is 5.49. The van der Waals surface area contributed by atoms with E-state index in [0.29, 0.717) is 17.9 Å². The lowest BCUT2D eigenvalue weighted by Crippen LogP contribution is -2.40. The topological polar surface area (TPSA) is 112 Å². The van der Waals surface area contributed by atoms with E-state index < -0.39 is 12.2 Å². The summed E-state index contributed by atoms with van der Waals surface area (Å²) in [5, 5.41) is 25.3. The number of benzene rings is 2. The minimum atomic E-state index is -1.10. The van der Waals surface area contributed by atoms with E-state index >= 15 is 0 Å². The Morgan fingerprint density at radius 3 is 2.52 bits per heavy atom. The fraction of sp³-hybridized carbons (Fsp3) is 0.292. The highest BCUT2D eigenvalue weighted by Gasteiger charge is 2.17. The van der Waals surface area contributed by atoms with E-state index in [2.05, 4.69) is 10.3 Å². The van der Waals surface area contributed by atoms with Crippen molar-refractivity contribution in [1.29, 1.82) is 0 Å². The summed E-state index contributed by atoms with van der Waals surface area (Å²) in [5.41, 5.74) is 2.33. The standard InChI is InChI=1S/C24H27N3O5S/c1-17-25-20(16-33-17)13-23(29)26-19-9-7-18(8-10-19)11-12-27(24(30)31)14-21(28)15-32-22-5-3-2-4-6-22/h2-10,16,21,28H,11-15H2,1H3,(H,26,29)(H,30,31). The Hall–Kier alpha value is -3.43. The number of thiazole rings is 1. The number of aromatic nitrogens is 1. The number of hydrogen-bond donors (Lipinski definition) is 3. The molecule has 0 bridgehead atoms. The maximum absolute atomic E-state index is 12.2. The third-order valence-corrected chi connectivity index (χ3v) is 5.63. The number of hydrogen-bond acceptors (Lipinski definition) is 6.